The molecule has 0 bridgehead atoms. The van der Waals surface area contributed by atoms with Gasteiger partial charge in [-0.15, -0.1) is 0 Å². The largest absolute Gasteiger partial charge is 0.494 e. The zero-order valence-corrected chi connectivity index (χ0v) is 13.0. The van der Waals surface area contributed by atoms with Gasteiger partial charge in [-0.05, 0) is 18.9 Å². The Morgan fingerprint density at radius 1 is 1.41 bits per heavy atom. The van der Waals surface area contributed by atoms with Gasteiger partial charge in [-0.1, -0.05) is 18.6 Å². The summed E-state index contributed by atoms with van der Waals surface area (Å²) in [6.45, 7) is 2.57. The fourth-order valence-electron chi connectivity index (χ4n) is 3.72. The van der Waals surface area contributed by atoms with Crippen LogP contribution in [-0.2, 0) is 11.3 Å². The Balaban J connectivity index is 1.77. The maximum Gasteiger partial charge on any atom is 0.169 e. The predicted octanol–water partition coefficient (Wildman–Crippen LogP) is 2.20. The van der Waals surface area contributed by atoms with Crippen LogP contribution in [0.4, 0.5) is 4.39 Å². The van der Waals surface area contributed by atoms with Crippen molar-refractivity contribution in [1.29, 1.82) is 0 Å². The maximum absolute atomic E-state index is 14.4. The summed E-state index contributed by atoms with van der Waals surface area (Å²) in [7, 11) is 1.48. The highest BCUT2D eigenvalue weighted by Crippen LogP contribution is 2.33. The van der Waals surface area contributed by atoms with Crippen molar-refractivity contribution in [2.75, 3.05) is 26.9 Å². The first kappa shape index (κ1) is 15.7. The summed E-state index contributed by atoms with van der Waals surface area (Å²) in [4.78, 5) is 2.25. The summed E-state index contributed by atoms with van der Waals surface area (Å²) in [5.74, 6) is 0.222. The standard InChI is InChI=1S/C17H24FNO3/c1-21-16-7-2-4-12(17(16)18)10-19-8-9-22-11-14(19)13-5-3-6-15(13)20/h2,4,7,13-15,20H,3,5-6,8-11H2,1H3. The van der Waals surface area contributed by atoms with Crippen LogP contribution < -0.4 is 4.74 Å². The summed E-state index contributed by atoms with van der Waals surface area (Å²) >= 11 is 0. The van der Waals surface area contributed by atoms with E-state index in [9.17, 15) is 9.50 Å². The van der Waals surface area contributed by atoms with E-state index in [1.54, 1.807) is 12.1 Å². The minimum absolute atomic E-state index is 0.164. The van der Waals surface area contributed by atoms with Crippen LogP contribution in [-0.4, -0.2) is 49.0 Å². The van der Waals surface area contributed by atoms with Crippen LogP contribution in [0.1, 0.15) is 24.8 Å². The molecule has 1 heterocycles. The van der Waals surface area contributed by atoms with E-state index in [1.165, 1.54) is 7.11 Å². The van der Waals surface area contributed by atoms with E-state index in [2.05, 4.69) is 4.90 Å². The number of aliphatic hydroxyl groups is 1. The molecule has 1 N–H and O–H groups in total. The van der Waals surface area contributed by atoms with Gasteiger partial charge >= 0.3 is 0 Å². The summed E-state index contributed by atoms with van der Waals surface area (Å²) in [5, 5.41) is 10.2. The summed E-state index contributed by atoms with van der Waals surface area (Å²) in [6.07, 6.45) is 2.68. The van der Waals surface area contributed by atoms with Gasteiger partial charge in [-0.25, -0.2) is 4.39 Å². The number of hydrogen-bond donors (Lipinski definition) is 1. The molecule has 3 atom stereocenters. The topological polar surface area (TPSA) is 41.9 Å². The Hall–Kier alpha value is -1.17. The third-order valence-electron chi connectivity index (χ3n) is 4.94. The first-order valence-corrected chi connectivity index (χ1v) is 8.02. The van der Waals surface area contributed by atoms with Gasteiger partial charge in [0.25, 0.3) is 0 Å². The number of methoxy groups -OCH3 is 1. The lowest BCUT2D eigenvalue weighted by Crippen LogP contribution is -2.50. The second kappa shape index (κ2) is 6.94. The monoisotopic (exact) mass is 309 g/mol. The molecule has 1 saturated carbocycles. The Morgan fingerprint density at radius 2 is 2.27 bits per heavy atom. The molecule has 0 spiro atoms. The normalized spacial score (nSPS) is 29.7. The summed E-state index contributed by atoms with van der Waals surface area (Å²) in [5.41, 5.74) is 0.638. The molecule has 0 amide bonds. The van der Waals surface area contributed by atoms with Crippen LogP contribution in [0.25, 0.3) is 0 Å². The van der Waals surface area contributed by atoms with Gasteiger partial charge in [0.05, 0.1) is 26.4 Å². The quantitative estimate of drug-likeness (QED) is 0.926. The van der Waals surface area contributed by atoms with E-state index in [1.807, 2.05) is 6.07 Å². The molecular weight excluding hydrogens is 285 g/mol. The summed E-state index contributed by atoms with van der Waals surface area (Å²) < 4.78 is 25.1. The molecule has 1 saturated heterocycles. The lowest BCUT2D eigenvalue weighted by atomic mass is 9.94. The average molecular weight is 309 g/mol. The van der Waals surface area contributed by atoms with Crippen LogP contribution in [0.2, 0.25) is 0 Å². The first-order valence-electron chi connectivity index (χ1n) is 8.02. The smallest absolute Gasteiger partial charge is 0.169 e. The van der Waals surface area contributed by atoms with Gasteiger partial charge in [-0.3, -0.25) is 4.90 Å². The molecule has 0 radical (unpaired) electrons. The van der Waals surface area contributed by atoms with E-state index < -0.39 is 0 Å². The highest BCUT2D eigenvalue weighted by molar-refractivity contribution is 5.31. The maximum atomic E-state index is 14.4. The van der Waals surface area contributed by atoms with Gasteiger partial charge in [0.1, 0.15) is 0 Å². The molecule has 0 aromatic heterocycles. The molecule has 22 heavy (non-hydrogen) atoms. The van der Waals surface area contributed by atoms with Crippen molar-refractivity contribution in [2.24, 2.45) is 5.92 Å². The number of benzene rings is 1. The Morgan fingerprint density at radius 3 is 3.00 bits per heavy atom. The molecule has 2 aliphatic rings. The number of hydrogen-bond acceptors (Lipinski definition) is 4. The van der Waals surface area contributed by atoms with Crippen molar-refractivity contribution in [2.45, 2.75) is 38.0 Å². The third kappa shape index (κ3) is 3.12. The van der Waals surface area contributed by atoms with Crippen LogP contribution in [0.5, 0.6) is 5.75 Å². The molecule has 3 rings (SSSR count). The van der Waals surface area contributed by atoms with E-state index in [4.69, 9.17) is 9.47 Å². The van der Waals surface area contributed by atoms with Crippen molar-refractivity contribution >= 4 is 0 Å². The van der Waals surface area contributed by atoms with E-state index in [0.717, 1.165) is 25.8 Å². The molecule has 5 heteroatoms. The molecule has 4 nitrogen and oxygen atoms in total. The minimum atomic E-state index is -0.290. The number of halogens is 1. The van der Waals surface area contributed by atoms with Crippen molar-refractivity contribution < 1.29 is 19.0 Å². The van der Waals surface area contributed by atoms with E-state index in [0.29, 0.717) is 25.3 Å². The number of aliphatic hydroxyl groups excluding tert-OH is 1. The molecule has 1 aromatic carbocycles. The van der Waals surface area contributed by atoms with Crippen LogP contribution in [0.3, 0.4) is 0 Å². The minimum Gasteiger partial charge on any atom is -0.494 e. The fourth-order valence-corrected chi connectivity index (χ4v) is 3.72. The Labute approximate surface area is 130 Å². The average Bonchev–Trinajstić information content (AvgIpc) is 2.96. The second-order valence-corrected chi connectivity index (χ2v) is 6.21. The molecule has 1 aromatic rings. The van der Waals surface area contributed by atoms with Gasteiger partial charge in [-0.2, -0.15) is 0 Å². The van der Waals surface area contributed by atoms with E-state index in [-0.39, 0.29) is 29.6 Å². The number of morpholine rings is 1. The van der Waals surface area contributed by atoms with Crippen molar-refractivity contribution in [3.8, 4) is 5.75 Å². The lowest BCUT2D eigenvalue weighted by Gasteiger charge is -2.40. The predicted molar refractivity (Wildman–Crippen MR) is 81.3 cm³/mol. The van der Waals surface area contributed by atoms with Crippen molar-refractivity contribution in [1.82, 2.24) is 4.90 Å². The first-order chi connectivity index (χ1) is 10.7. The van der Waals surface area contributed by atoms with Crippen molar-refractivity contribution in [3.05, 3.63) is 29.6 Å². The van der Waals surface area contributed by atoms with Gasteiger partial charge in [0.15, 0.2) is 11.6 Å². The fraction of sp³-hybridized carbons (Fsp3) is 0.647. The van der Waals surface area contributed by atoms with Crippen LogP contribution in [0.15, 0.2) is 18.2 Å². The highest BCUT2D eigenvalue weighted by atomic mass is 19.1. The zero-order valence-electron chi connectivity index (χ0n) is 13.0. The van der Waals surface area contributed by atoms with E-state index >= 15 is 0 Å². The highest BCUT2D eigenvalue weighted by Gasteiger charge is 2.37. The second-order valence-electron chi connectivity index (χ2n) is 6.21. The molecule has 122 valence electrons. The molecule has 2 fully saturated rings. The Bertz CT molecular complexity index is 511. The van der Waals surface area contributed by atoms with Gasteiger partial charge in [0.2, 0.25) is 0 Å². The number of nitrogens with zero attached hydrogens (tertiary/aromatic N) is 1. The van der Waals surface area contributed by atoms with Crippen LogP contribution in [0, 0.1) is 11.7 Å². The van der Waals surface area contributed by atoms with Crippen LogP contribution >= 0.6 is 0 Å². The molecular formula is C17H24FNO3. The summed E-state index contributed by atoms with van der Waals surface area (Å²) in [6, 6.07) is 5.42. The van der Waals surface area contributed by atoms with Crippen molar-refractivity contribution in [3.63, 3.8) is 0 Å². The lowest BCUT2D eigenvalue weighted by molar-refractivity contribution is -0.0540. The van der Waals surface area contributed by atoms with Gasteiger partial charge < -0.3 is 14.6 Å². The zero-order chi connectivity index (χ0) is 15.5. The third-order valence-corrected chi connectivity index (χ3v) is 4.94. The number of rotatable bonds is 4. The molecule has 3 unspecified atom stereocenters. The SMILES string of the molecule is COc1cccc(CN2CCOCC2C2CCCC2O)c1F. The molecule has 1 aliphatic heterocycles. The van der Waals surface area contributed by atoms with Gasteiger partial charge in [0, 0.05) is 30.6 Å². The molecule has 1 aliphatic carbocycles. The Kier molecular flexibility index (Phi) is 4.96. The number of ether oxygens (including phenoxy) is 2.